The summed E-state index contributed by atoms with van der Waals surface area (Å²) in [5.74, 6) is 0. The molecule has 0 saturated heterocycles. The van der Waals surface area contributed by atoms with E-state index in [1.54, 1.807) is 0 Å². The first kappa shape index (κ1) is 18.9. The molecule has 0 amide bonds. The van der Waals surface area contributed by atoms with E-state index in [0.717, 1.165) is 32.8 Å². The second-order valence-electron chi connectivity index (χ2n) is 5.81. The highest BCUT2D eigenvalue weighted by Gasteiger charge is 2.12. The van der Waals surface area contributed by atoms with Crippen LogP contribution >= 0.6 is 0 Å². The highest BCUT2D eigenvalue weighted by Crippen LogP contribution is 2.04. The molecule has 0 spiro atoms. The maximum atomic E-state index is 5.73. The van der Waals surface area contributed by atoms with Gasteiger partial charge in [0.2, 0.25) is 0 Å². The Hall–Kier alpha value is -0.120. The van der Waals surface area contributed by atoms with Crippen LogP contribution in [0.3, 0.4) is 0 Å². The van der Waals surface area contributed by atoms with Gasteiger partial charge in [-0.05, 0) is 53.6 Å². The quantitative estimate of drug-likeness (QED) is 0.521. The molecule has 0 radical (unpaired) electrons. The Morgan fingerprint density at radius 3 is 2.11 bits per heavy atom. The summed E-state index contributed by atoms with van der Waals surface area (Å²) in [6, 6.07) is 1.21. The van der Waals surface area contributed by atoms with Crippen LogP contribution in [0.1, 0.15) is 60.3 Å². The van der Waals surface area contributed by atoms with Crippen molar-refractivity contribution >= 4 is 0 Å². The van der Waals surface area contributed by atoms with Gasteiger partial charge >= 0.3 is 0 Å². The number of hydrogen-bond acceptors (Lipinski definition) is 3. The standard InChI is InChI=1S/C16H36N2O/c1-6-17-11-9-7-8-10-13-19-14-12-18(15(2)3)16(4)5/h15-17H,6-14H2,1-5H3. The van der Waals surface area contributed by atoms with E-state index in [2.05, 4.69) is 44.8 Å². The Bertz CT molecular complexity index is 176. The van der Waals surface area contributed by atoms with Crippen molar-refractivity contribution in [2.45, 2.75) is 72.4 Å². The van der Waals surface area contributed by atoms with E-state index in [0.29, 0.717) is 12.1 Å². The molecule has 0 bridgehead atoms. The van der Waals surface area contributed by atoms with E-state index in [1.807, 2.05) is 0 Å². The van der Waals surface area contributed by atoms with Crippen LogP contribution in [0, 0.1) is 0 Å². The van der Waals surface area contributed by atoms with E-state index >= 15 is 0 Å². The van der Waals surface area contributed by atoms with Crippen molar-refractivity contribution in [1.29, 1.82) is 0 Å². The number of hydrogen-bond donors (Lipinski definition) is 1. The summed E-state index contributed by atoms with van der Waals surface area (Å²) in [4.78, 5) is 2.48. The summed E-state index contributed by atoms with van der Waals surface area (Å²) in [7, 11) is 0. The van der Waals surface area contributed by atoms with Gasteiger partial charge < -0.3 is 10.1 Å². The van der Waals surface area contributed by atoms with Crippen molar-refractivity contribution in [3.63, 3.8) is 0 Å². The molecule has 0 rings (SSSR count). The predicted octanol–water partition coefficient (Wildman–Crippen LogP) is 3.29. The van der Waals surface area contributed by atoms with Gasteiger partial charge in [-0.2, -0.15) is 0 Å². The highest BCUT2D eigenvalue weighted by atomic mass is 16.5. The SMILES string of the molecule is CCNCCCCCCOCCN(C(C)C)C(C)C. The number of rotatable bonds is 13. The van der Waals surface area contributed by atoms with Gasteiger partial charge in [0.15, 0.2) is 0 Å². The van der Waals surface area contributed by atoms with Crippen molar-refractivity contribution in [1.82, 2.24) is 10.2 Å². The summed E-state index contributed by atoms with van der Waals surface area (Å²) in [6.45, 7) is 16.3. The average Bonchev–Trinajstić information content (AvgIpc) is 2.35. The summed E-state index contributed by atoms with van der Waals surface area (Å²) >= 11 is 0. The minimum atomic E-state index is 0.606. The van der Waals surface area contributed by atoms with E-state index in [1.165, 1.54) is 25.7 Å². The molecule has 3 heteroatoms. The van der Waals surface area contributed by atoms with Crippen LogP contribution < -0.4 is 5.32 Å². The molecular weight excluding hydrogens is 236 g/mol. The third-order valence-corrected chi connectivity index (χ3v) is 3.46. The summed E-state index contributed by atoms with van der Waals surface area (Å²) in [5.41, 5.74) is 0. The Kier molecular flexibility index (Phi) is 12.8. The van der Waals surface area contributed by atoms with E-state index in [4.69, 9.17) is 4.74 Å². The van der Waals surface area contributed by atoms with Crippen LogP contribution in [0.5, 0.6) is 0 Å². The Morgan fingerprint density at radius 1 is 0.895 bits per heavy atom. The van der Waals surface area contributed by atoms with E-state index < -0.39 is 0 Å². The molecular formula is C16H36N2O. The monoisotopic (exact) mass is 272 g/mol. The lowest BCUT2D eigenvalue weighted by molar-refractivity contribution is 0.0764. The van der Waals surface area contributed by atoms with E-state index in [9.17, 15) is 0 Å². The van der Waals surface area contributed by atoms with Crippen LogP contribution in [-0.2, 0) is 4.74 Å². The zero-order chi connectivity index (χ0) is 14.5. The van der Waals surface area contributed by atoms with Gasteiger partial charge in [0, 0.05) is 25.2 Å². The maximum absolute atomic E-state index is 5.73. The normalized spacial score (nSPS) is 12.0. The van der Waals surface area contributed by atoms with Crippen molar-refractivity contribution in [3.05, 3.63) is 0 Å². The molecule has 0 aromatic rings. The number of unbranched alkanes of at least 4 members (excludes halogenated alkanes) is 3. The maximum Gasteiger partial charge on any atom is 0.0593 e. The lowest BCUT2D eigenvalue weighted by Crippen LogP contribution is -2.39. The molecule has 3 nitrogen and oxygen atoms in total. The highest BCUT2D eigenvalue weighted by molar-refractivity contribution is 4.66. The predicted molar refractivity (Wildman–Crippen MR) is 84.8 cm³/mol. The average molecular weight is 272 g/mol. The van der Waals surface area contributed by atoms with Crippen LogP contribution in [0.15, 0.2) is 0 Å². The molecule has 0 aliphatic rings. The molecule has 1 N–H and O–H groups in total. The summed E-state index contributed by atoms with van der Waals surface area (Å²) in [5, 5.41) is 3.36. The fourth-order valence-corrected chi connectivity index (χ4v) is 2.37. The van der Waals surface area contributed by atoms with Crippen LogP contribution in [0.25, 0.3) is 0 Å². The van der Waals surface area contributed by atoms with Crippen LogP contribution in [0.2, 0.25) is 0 Å². The largest absolute Gasteiger partial charge is 0.380 e. The van der Waals surface area contributed by atoms with E-state index in [-0.39, 0.29) is 0 Å². The Morgan fingerprint density at radius 2 is 1.53 bits per heavy atom. The smallest absolute Gasteiger partial charge is 0.0593 e. The molecule has 0 heterocycles. The minimum Gasteiger partial charge on any atom is -0.380 e. The Labute approximate surface area is 121 Å². The second-order valence-corrected chi connectivity index (χ2v) is 5.81. The molecule has 0 atom stereocenters. The third-order valence-electron chi connectivity index (χ3n) is 3.46. The van der Waals surface area contributed by atoms with Crippen LogP contribution in [0.4, 0.5) is 0 Å². The number of ether oxygens (including phenoxy) is 1. The fourth-order valence-electron chi connectivity index (χ4n) is 2.37. The zero-order valence-electron chi connectivity index (χ0n) is 13.9. The zero-order valence-corrected chi connectivity index (χ0v) is 13.9. The topological polar surface area (TPSA) is 24.5 Å². The van der Waals surface area contributed by atoms with Gasteiger partial charge in [-0.1, -0.05) is 19.8 Å². The van der Waals surface area contributed by atoms with Crippen molar-refractivity contribution in [3.8, 4) is 0 Å². The Balaban J connectivity index is 3.30. The molecule has 0 aliphatic carbocycles. The van der Waals surface area contributed by atoms with Gasteiger partial charge in [-0.15, -0.1) is 0 Å². The van der Waals surface area contributed by atoms with Crippen molar-refractivity contribution in [2.24, 2.45) is 0 Å². The van der Waals surface area contributed by atoms with Crippen molar-refractivity contribution < 1.29 is 4.74 Å². The lowest BCUT2D eigenvalue weighted by atomic mass is 10.2. The van der Waals surface area contributed by atoms with Gasteiger partial charge in [0.05, 0.1) is 6.61 Å². The lowest BCUT2D eigenvalue weighted by Gasteiger charge is -2.30. The number of nitrogens with zero attached hydrogens (tertiary/aromatic N) is 1. The molecule has 0 unspecified atom stereocenters. The molecule has 0 aromatic heterocycles. The first-order valence-electron chi connectivity index (χ1n) is 8.13. The minimum absolute atomic E-state index is 0.606. The molecule has 0 saturated carbocycles. The van der Waals surface area contributed by atoms with Crippen molar-refractivity contribution in [2.75, 3.05) is 32.8 Å². The third kappa shape index (κ3) is 11.4. The van der Waals surface area contributed by atoms with Gasteiger partial charge in [0.25, 0.3) is 0 Å². The molecule has 0 aliphatic heterocycles. The summed E-state index contributed by atoms with van der Waals surface area (Å²) in [6.07, 6.45) is 5.11. The fraction of sp³-hybridized carbons (Fsp3) is 1.00. The number of nitrogens with one attached hydrogen (secondary N) is 1. The summed E-state index contributed by atoms with van der Waals surface area (Å²) < 4.78 is 5.73. The second kappa shape index (κ2) is 12.9. The molecule has 19 heavy (non-hydrogen) atoms. The molecule has 116 valence electrons. The first-order chi connectivity index (χ1) is 9.09. The van der Waals surface area contributed by atoms with Crippen LogP contribution in [-0.4, -0.2) is 49.8 Å². The molecule has 0 fully saturated rings. The van der Waals surface area contributed by atoms with Gasteiger partial charge in [-0.25, -0.2) is 0 Å². The molecule has 0 aromatic carbocycles. The van der Waals surface area contributed by atoms with Gasteiger partial charge in [0.1, 0.15) is 0 Å². The first-order valence-corrected chi connectivity index (χ1v) is 8.13. The van der Waals surface area contributed by atoms with Gasteiger partial charge in [-0.3, -0.25) is 4.90 Å².